The molecule has 0 aliphatic heterocycles. The van der Waals surface area contributed by atoms with Crippen molar-refractivity contribution < 1.29 is 5.11 Å². The van der Waals surface area contributed by atoms with Crippen molar-refractivity contribution in [3.05, 3.63) is 29.8 Å². The monoisotopic (exact) mass is 263 g/mol. The van der Waals surface area contributed by atoms with Crippen LogP contribution in [0.2, 0.25) is 0 Å². The molecule has 0 radical (unpaired) electrons. The van der Waals surface area contributed by atoms with Crippen molar-refractivity contribution in [2.24, 2.45) is 0 Å². The zero-order valence-corrected chi connectivity index (χ0v) is 8.21. The van der Waals surface area contributed by atoms with Gasteiger partial charge in [-0.05, 0) is 27.1 Å². The molecule has 3 heteroatoms. The van der Waals surface area contributed by atoms with Crippen LogP contribution >= 0.6 is 21.0 Å². The number of aromatic hydroxyl groups is 1. The molecule has 0 aromatic heterocycles. The number of hydrogen-bond acceptors (Lipinski definition) is 2. The van der Waals surface area contributed by atoms with Gasteiger partial charge in [0, 0.05) is 12.1 Å². The molecule has 0 heterocycles. The normalized spacial score (nSPS) is 9.82. The van der Waals surface area contributed by atoms with Crippen LogP contribution in [0.5, 0.6) is 5.75 Å². The highest BCUT2D eigenvalue weighted by Crippen LogP contribution is 2.15. The lowest BCUT2D eigenvalue weighted by molar-refractivity contribution is 0.468. The Morgan fingerprint density at radius 3 is 2.82 bits per heavy atom. The summed E-state index contributed by atoms with van der Waals surface area (Å²) in [6, 6.07) is 7.33. The standard InChI is InChI=1S/C8H10INO/c1-9-10-6-7-4-2-3-5-8(7)11/h2-5,10-11H,1,6H2. The Balaban J connectivity index is 2.69. The van der Waals surface area contributed by atoms with Gasteiger partial charge in [-0.3, -0.25) is 3.53 Å². The van der Waals surface area contributed by atoms with Crippen LogP contribution in [-0.2, 0) is 6.54 Å². The van der Waals surface area contributed by atoms with E-state index in [0.29, 0.717) is 5.75 Å². The van der Waals surface area contributed by atoms with E-state index in [4.69, 9.17) is 0 Å². The first kappa shape index (κ1) is 8.67. The molecule has 0 amide bonds. The second-order valence-corrected chi connectivity index (χ2v) is 3.60. The molecule has 0 atom stereocenters. The van der Waals surface area contributed by atoms with Gasteiger partial charge in [0.15, 0.2) is 0 Å². The van der Waals surface area contributed by atoms with Gasteiger partial charge in [0.05, 0.1) is 0 Å². The Morgan fingerprint density at radius 2 is 2.18 bits per heavy atom. The zero-order valence-electron chi connectivity index (χ0n) is 6.05. The van der Waals surface area contributed by atoms with E-state index in [0.717, 1.165) is 12.1 Å². The molecule has 0 saturated carbocycles. The van der Waals surface area contributed by atoms with Crippen LogP contribution < -0.4 is 3.53 Å². The smallest absolute Gasteiger partial charge is 0.120 e. The Kier molecular flexibility index (Phi) is 3.51. The third kappa shape index (κ3) is 2.59. The van der Waals surface area contributed by atoms with E-state index in [1.165, 1.54) is 0 Å². The van der Waals surface area contributed by atoms with Gasteiger partial charge >= 0.3 is 0 Å². The summed E-state index contributed by atoms with van der Waals surface area (Å²) in [5.74, 6) is 0.359. The molecule has 0 unspecified atom stereocenters. The summed E-state index contributed by atoms with van der Waals surface area (Å²) in [5.41, 5.74) is 0.941. The van der Waals surface area contributed by atoms with Crippen LogP contribution in [0.3, 0.4) is 0 Å². The Bertz CT molecular complexity index is 250. The maximum Gasteiger partial charge on any atom is 0.120 e. The minimum atomic E-state index is -0.142. The van der Waals surface area contributed by atoms with E-state index >= 15 is 0 Å². The fourth-order valence-electron chi connectivity index (χ4n) is 0.780. The number of hydrogen-bond donors (Lipinski definition) is 2. The maximum atomic E-state index is 9.29. The van der Waals surface area contributed by atoms with E-state index in [-0.39, 0.29) is 21.0 Å². The Labute approximate surface area is 76.4 Å². The molecule has 2 N–H and O–H groups in total. The maximum absolute atomic E-state index is 9.29. The van der Waals surface area contributed by atoms with Gasteiger partial charge in [-0.1, -0.05) is 22.7 Å². The predicted molar refractivity (Wildman–Crippen MR) is 56.1 cm³/mol. The molecule has 1 rings (SSSR count). The van der Waals surface area contributed by atoms with Crippen LogP contribution in [0, 0.1) is 0 Å². The summed E-state index contributed by atoms with van der Waals surface area (Å²) in [6.07, 6.45) is 0. The van der Waals surface area contributed by atoms with E-state index in [2.05, 4.69) is 8.04 Å². The number of phenolic OH excluding ortho intramolecular Hbond substituents is 1. The first-order valence-electron chi connectivity index (χ1n) is 3.21. The van der Waals surface area contributed by atoms with E-state index < -0.39 is 0 Å². The average Bonchev–Trinajstić information content (AvgIpc) is 2.03. The number of para-hydroxylation sites is 1. The average molecular weight is 263 g/mol. The summed E-state index contributed by atoms with van der Waals surface area (Å²) in [7, 11) is 0. The minimum absolute atomic E-state index is 0.142. The first-order valence-corrected chi connectivity index (χ1v) is 5.82. The van der Waals surface area contributed by atoms with Crippen molar-refractivity contribution >= 4 is 25.5 Å². The molecular formula is C8H10INO. The van der Waals surface area contributed by atoms with Gasteiger partial charge in [-0.2, -0.15) is 0 Å². The molecule has 0 spiro atoms. The second-order valence-electron chi connectivity index (χ2n) is 2.07. The number of benzene rings is 1. The topological polar surface area (TPSA) is 32.3 Å². The minimum Gasteiger partial charge on any atom is -0.508 e. The molecule has 1 aromatic carbocycles. The van der Waals surface area contributed by atoms with Gasteiger partial charge in [-0.15, -0.1) is 0 Å². The number of halogens is 1. The Hall–Kier alpha value is -0.420. The number of rotatable bonds is 3. The van der Waals surface area contributed by atoms with Crippen LogP contribution in [-0.4, -0.2) is 9.62 Å². The van der Waals surface area contributed by atoms with Crippen molar-refractivity contribution in [1.82, 2.24) is 3.53 Å². The summed E-state index contributed by atoms with van der Waals surface area (Å²) in [5, 5.41) is 9.29. The fourth-order valence-corrected chi connectivity index (χ4v) is 1.46. The lowest BCUT2D eigenvalue weighted by atomic mass is 10.2. The second kappa shape index (κ2) is 4.46. The van der Waals surface area contributed by atoms with Crippen molar-refractivity contribution in [3.63, 3.8) is 0 Å². The SMILES string of the molecule is C=INCc1ccccc1O. The number of nitrogens with one attached hydrogen (secondary N) is 1. The number of phenols is 1. The highest BCUT2D eigenvalue weighted by Gasteiger charge is 1.95. The van der Waals surface area contributed by atoms with E-state index in [1.54, 1.807) is 6.07 Å². The summed E-state index contributed by atoms with van der Waals surface area (Å²) < 4.78 is 6.89. The third-order valence-corrected chi connectivity index (χ3v) is 2.26. The molecule has 0 aliphatic carbocycles. The molecule has 0 bridgehead atoms. The van der Waals surface area contributed by atoms with E-state index in [9.17, 15) is 5.11 Å². The van der Waals surface area contributed by atoms with Crippen LogP contribution in [0.4, 0.5) is 0 Å². The Morgan fingerprint density at radius 1 is 1.45 bits per heavy atom. The van der Waals surface area contributed by atoms with Gasteiger partial charge < -0.3 is 5.11 Å². The molecule has 1 aromatic rings. The zero-order chi connectivity index (χ0) is 8.10. The van der Waals surface area contributed by atoms with Crippen LogP contribution in [0.25, 0.3) is 0 Å². The quantitative estimate of drug-likeness (QED) is 0.643. The molecule has 0 fully saturated rings. The van der Waals surface area contributed by atoms with Gasteiger partial charge in [0.2, 0.25) is 0 Å². The lowest BCUT2D eigenvalue weighted by Gasteiger charge is -2.01. The first-order chi connectivity index (χ1) is 5.34. The molecule has 0 aliphatic rings. The molecule has 0 saturated heterocycles. The van der Waals surface area contributed by atoms with Crippen molar-refractivity contribution in [3.8, 4) is 5.75 Å². The van der Waals surface area contributed by atoms with Gasteiger partial charge in [0.1, 0.15) is 5.75 Å². The van der Waals surface area contributed by atoms with Crippen molar-refractivity contribution in [2.45, 2.75) is 6.54 Å². The predicted octanol–water partition coefficient (Wildman–Crippen LogP) is 1.80. The highest BCUT2D eigenvalue weighted by molar-refractivity contribution is 14.2. The molecule has 11 heavy (non-hydrogen) atoms. The molecule has 2 nitrogen and oxygen atoms in total. The van der Waals surface area contributed by atoms with Crippen molar-refractivity contribution in [1.29, 1.82) is 0 Å². The fraction of sp³-hybridized carbons (Fsp3) is 0.125. The van der Waals surface area contributed by atoms with E-state index in [1.807, 2.05) is 18.2 Å². The lowest BCUT2D eigenvalue weighted by Crippen LogP contribution is -1.98. The molecule has 60 valence electrons. The summed E-state index contributed by atoms with van der Waals surface area (Å²) in [6.45, 7) is 0.726. The largest absolute Gasteiger partial charge is 0.508 e. The van der Waals surface area contributed by atoms with Crippen LogP contribution in [0.1, 0.15) is 5.56 Å². The summed E-state index contributed by atoms with van der Waals surface area (Å²) >= 11 is -0.142. The molecular weight excluding hydrogens is 253 g/mol. The van der Waals surface area contributed by atoms with Crippen molar-refractivity contribution in [2.75, 3.05) is 0 Å². The highest BCUT2D eigenvalue weighted by atomic mass is 127. The van der Waals surface area contributed by atoms with Crippen LogP contribution in [0.15, 0.2) is 24.3 Å². The van der Waals surface area contributed by atoms with Gasteiger partial charge in [0.25, 0.3) is 0 Å². The van der Waals surface area contributed by atoms with Gasteiger partial charge in [-0.25, -0.2) is 0 Å². The summed E-state index contributed by atoms with van der Waals surface area (Å²) in [4.78, 5) is 0. The third-order valence-electron chi connectivity index (χ3n) is 1.34.